The van der Waals surface area contributed by atoms with Gasteiger partial charge in [0.15, 0.2) is 0 Å². The lowest BCUT2D eigenvalue weighted by Gasteiger charge is -2.37. The van der Waals surface area contributed by atoms with Gasteiger partial charge in [-0.3, -0.25) is 9.69 Å². The summed E-state index contributed by atoms with van der Waals surface area (Å²) in [5, 5.41) is 3.45. The van der Waals surface area contributed by atoms with Crippen LogP contribution in [0.1, 0.15) is 18.4 Å². The van der Waals surface area contributed by atoms with Crippen molar-refractivity contribution in [2.24, 2.45) is 5.92 Å². The van der Waals surface area contributed by atoms with Gasteiger partial charge in [-0.05, 0) is 49.5 Å². The molecule has 2 aliphatic rings. The van der Waals surface area contributed by atoms with Crippen LogP contribution in [0.15, 0.2) is 24.3 Å². The molecule has 0 aliphatic carbocycles. The summed E-state index contributed by atoms with van der Waals surface area (Å²) in [6.45, 7) is 6.36. The van der Waals surface area contributed by atoms with E-state index in [1.54, 1.807) is 7.11 Å². The number of nitrogens with one attached hydrogen (secondary N) is 1. The highest BCUT2D eigenvalue weighted by Crippen LogP contribution is 2.16. The molecule has 2 saturated heterocycles. The highest BCUT2D eigenvalue weighted by atomic mass is 16.5. The van der Waals surface area contributed by atoms with Crippen molar-refractivity contribution in [3.8, 4) is 5.75 Å². The maximum absolute atomic E-state index is 12.4. The van der Waals surface area contributed by atoms with Crippen LogP contribution in [0.4, 0.5) is 0 Å². The number of nitrogens with zero attached hydrogens (tertiary/aromatic N) is 2. The molecule has 3 rings (SSSR count). The lowest BCUT2D eigenvalue weighted by molar-refractivity contribution is -0.136. The number of piperidine rings is 1. The van der Waals surface area contributed by atoms with Gasteiger partial charge < -0.3 is 15.0 Å². The number of hydrogen-bond acceptors (Lipinski definition) is 4. The van der Waals surface area contributed by atoms with Gasteiger partial charge in [-0.25, -0.2) is 0 Å². The quantitative estimate of drug-likeness (QED) is 0.890. The molecule has 0 aromatic heterocycles. The molecule has 2 fully saturated rings. The molecular formula is C18H27N3O2. The molecule has 0 radical (unpaired) electrons. The standard InChI is InChI=1S/C18H27N3O2/c1-23-17-6-4-15(5-7-17)13-21-10-9-20(14-18(21)22)12-16-3-2-8-19-11-16/h4-7,16,19H,2-3,8-14H2,1H3/t16-/m0/s1. The molecule has 1 aromatic rings. The molecule has 0 spiro atoms. The zero-order valence-electron chi connectivity index (χ0n) is 14.0. The summed E-state index contributed by atoms with van der Waals surface area (Å²) in [6, 6.07) is 7.97. The molecule has 5 heteroatoms. The average Bonchev–Trinajstić information content (AvgIpc) is 2.59. The van der Waals surface area contributed by atoms with E-state index < -0.39 is 0 Å². The molecule has 23 heavy (non-hydrogen) atoms. The van der Waals surface area contributed by atoms with Crippen LogP contribution in [0, 0.1) is 5.92 Å². The minimum atomic E-state index is 0.246. The third kappa shape index (κ3) is 4.45. The molecule has 1 N–H and O–H groups in total. The number of carbonyl (C=O) groups excluding carboxylic acids is 1. The predicted octanol–water partition coefficient (Wildman–Crippen LogP) is 1.34. The highest BCUT2D eigenvalue weighted by molar-refractivity contribution is 5.79. The van der Waals surface area contributed by atoms with E-state index >= 15 is 0 Å². The summed E-state index contributed by atoms with van der Waals surface area (Å²) in [6.07, 6.45) is 2.54. The highest BCUT2D eigenvalue weighted by Gasteiger charge is 2.26. The van der Waals surface area contributed by atoms with Crippen LogP contribution in [-0.2, 0) is 11.3 Å². The molecule has 1 aromatic carbocycles. The summed E-state index contributed by atoms with van der Waals surface area (Å²) in [7, 11) is 1.67. The second kappa shape index (κ2) is 7.79. The van der Waals surface area contributed by atoms with Gasteiger partial charge in [0, 0.05) is 26.2 Å². The molecule has 1 atom stereocenters. The Labute approximate surface area is 138 Å². The molecule has 0 unspecified atom stereocenters. The first-order valence-electron chi connectivity index (χ1n) is 8.58. The number of hydrogen-bond donors (Lipinski definition) is 1. The molecule has 2 heterocycles. The van der Waals surface area contributed by atoms with Crippen LogP contribution in [0.5, 0.6) is 5.75 Å². The van der Waals surface area contributed by atoms with E-state index in [0.717, 1.165) is 44.0 Å². The van der Waals surface area contributed by atoms with E-state index in [-0.39, 0.29) is 5.91 Å². The minimum Gasteiger partial charge on any atom is -0.497 e. The Hall–Kier alpha value is -1.59. The largest absolute Gasteiger partial charge is 0.497 e. The third-order valence-corrected chi connectivity index (χ3v) is 4.85. The normalized spacial score (nSPS) is 23.1. The average molecular weight is 317 g/mol. The van der Waals surface area contributed by atoms with Gasteiger partial charge in [0.05, 0.1) is 13.7 Å². The van der Waals surface area contributed by atoms with Gasteiger partial charge >= 0.3 is 0 Å². The Morgan fingerprint density at radius 1 is 1.26 bits per heavy atom. The first-order chi connectivity index (χ1) is 11.2. The topological polar surface area (TPSA) is 44.8 Å². The Morgan fingerprint density at radius 2 is 2.09 bits per heavy atom. The van der Waals surface area contributed by atoms with E-state index in [1.165, 1.54) is 12.8 Å². The molecule has 2 aliphatic heterocycles. The number of piperazine rings is 1. The number of carbonyl (C=O) groups is 1. The summed E-state index contributed by atoms with van der Waals surface area (Å²) in [4.78, 5) is 16.7. The molecule has 126 valence electrons. The number of methoxy groups -OCH3 is 1. The van der Waals surface area contributed by atoms with Gasteiger partial charge in [-0.2, -0.15) is 0 Å². The summed E-state index contributed by atoms with van der Waals surface area (Å²) < 4.78 is 5.17. The summed E-state index contributed by atoms with van der Waals surface area (Å²) >= 11 is 0. The van der Waals surface area contributed by atoms with Crippen LogP contribution >= 0.6 is 0 Å². The second-order valence-electron chi connectivity index (χ2n) is 6.61. The van der Waals surface area contributed by atoms with Crippen molar-refractivity contribution in [1.29, 1.82) is 0 Å². The minimum absolute atomic E-state index is 0.246. The SMILES string of the molecule is COc1ccc(CN2CCN(C[C@H]3CCCNC3)CC2=O)cc1. The van der Waals surface area contributed by atoms with E-state index in [9.17, 15) is 4.79 Å². The van der Waals surface area contributed by atoms with Crippen molar-refractivity contribution in [2.45, 2.75) is 19.4 Å². The van der Waals surface area contributed by atoms with E-state index in [0.29, 0.717) is 19.0 Å². The zero-order valence-corrected chi connectivity index (χ0v) is 14.0. The zero-order chi connectivity index (χ0) is 16.1. The maximum atomic E-state index is 12.4. The van der Waals surface area contributed by atoms with Crippen molar-refractivity contribution >= 4 is 5.91 Å². The second-order valence-corrected chi connectivity index (χ2v) is 6.61. The first-order valence-corrected chi connectivity index (χ1v) is 8.58. The maximum Gasteiger partial charge on any atom is 0.237 e. The van der Waals surface area contributed by atoms with Crippen LogP contribution in [-0.4, -0.2) is 62.1 Å². The van der Waals surface area contributed by atoms with Gasteiger partial charge in [-0.1, -0.05) is 12.1 Å². The van der Waals surface area contributed by atoms with Crippen molar-refractivity contribution < 1.29 is 9.53 Å². The van der Waals surface area contributed by atoms with Gasteiger partial charge in [0.25, 0.3) is 0 Å². The van der Waals surface area contributed by atoms with Crippen molar-refractivity contribution in [1.82, 2.24) is 15.1 Å². The van der Waals surface area contributed by atoms with Crippen LogP contribution < -0.4 is 10.1 Å². The van der Waals surface area contributed by atoms with E-state index in [1.807, 2.05) is 29.2 Å². The monoisotopic (exact) mass is 317 g/mol. The molecule has 1 amide bonds. The Balaban J connectivity index is 1.48. The van der Waals surface area contributed by atoms with Gasteiger partial charge in [-0.15, -0.1) is 0 Å². The van der Waals surface area contributed by atoms with Crippen molar-refractivity contribution in [3.05, 3.63) is 29.8 Å². The Bertz CT molecular complexity index is 512. The van der Waals surface area contributed by atoms with Crippen molar-refractivity contribution in [3.63, 3.8) is 0 Å². The number of ether oxygens (including phenoxy) is 1. The lowest BCUT2D eigenvalue weighted by atomic mass is 9.99. The predicted molar refractivity (Wildman–Crippen MR) is 90.4 cm³/mol. The van der Waals surface area contributed by atoms with E-state index in [2.05, 4.69) is 10.2 Å². The number of benzene rings is 1. The van der Waals surface area contributed by atoms with Gasteiger partial charge in [0.1, 0.15) is 5.75 Å². The van der Waals surface area contributed by atoms with Crippen LogP contribution in [0.2, 0.25) is 0 Å². The summed E-state index contributed by atoms with van der Waals surface area (Å²) in [5.74, 6) is 1.80. The molecule has 5 nitrogen and oxygen atoms in total. The molecular weight excluding hydrogens is 290 g/mol. The van der Waals surface area contributed by atoms with Gasteiger partial charge in [0.2, 0.25) is 5.91 Å². The summed E-state index contributed by atoms with van der Waals surface area (Å²) in [5.41, 5.74) is 1.16. The smallest absolute Gasteiger partial charge is 0.237 e. The fourth-order valence-corrected chi connectivity index (χ4v) is 3.48. The Morgan fingerprint density at radius 3 is 2.74 bits per heavy atom. The number of amides is 1. The van der Waals surface area contributed by atoms with Crippen molar-refractivity contribution in [2.75, 3.05) is 46.4 Å². The van der Waals surface area contributed by atoms with Crippen LogP contribution in [0.3, 0.4) is 0 Å². The fourth-order valence-electron chi connectivity index (χ4n) is 3.48. The fraction of sp³-hybridized carbons (Fsp3) is 0.611. The number of rotatable bonds is 5. The lowest BCUT2D eigenvalue weighted by Crippen LogP contribution is -2.51. The molecule has 0 saturated carbocycles. The Kier molecular flexibility index (Phi) is 5.51. The van der Waals surface area contributed by atoms with E-state index in [4.69, 9.17) is 4.74 Å². The third-order valence-electron chi connectivity index (χ3n) is 4.85. The molecule has 0 bridgehead atoms. The van der Waals surface area contributed by atoms with Crippen LogP contribution in [0.25, 0.3) is 0 Å². The first kappa shape index (κ1) is 16.3.